The van der Waals surface area contributed by atoms with E-state index >= 15 is 0 Å². The van der Waals surface area contributed by atoms with E-state index in [2.05, 4.69) is 5.32 Å². The fourth-order valence-electron chi connectivity index (χ4n) is 2.63. The Kier molecular flexibility index (Phi) is 6.08. The van der Waals surface area contributed by atoms with Gasteiger partial charge in [0.05, 0.1) is 18.9 Å². The van der Waals surface area contributed by atoms with Gasteiger partial charge in [0, 0.05) is 19.6 Å². The van der Waals surface area contributed by atoms with E-state index in [9.17, 15) is 13.2 Å². The summed E-state index contributed by atoms with van der Waals surface area (Å²) in [6.07, 6.45) is 0.683. The number of carbonyl (C=O) groups is 1. The number of hydrogen-bond acceptors (Lipinski definition) is 6. The van der Waals surface area contributed by atoms with E-state index in [-0.39, 0.29) is 18.7 Å². The molecule has 0 aromatic heterocycles. The molecule has 0 bridgehead atoms. The predicted molar refractivity (Wildman–Crippen MR) is 94.6 cm³/mol. The van der Waals surface area contributed by atoms with Gasteiger partial charge in [0.1, 0.15) is 5.60 Å². The molecule has 0 radical (unpaired) electrons. The second kappa shape index (κ2) is 7.72. The van der Waals surface area contributed by atoms with Crippen molar-refractivity contribution in [3.05, 3.63) is 35.4 Å². The lowest BCUT2D eigenvalue weighted by molar-refractivity contribution is 0.0194. The van der Waals surface area contributed by atoms with Gasteiger partial charge in [0.25, 0.3) is 10.1 Å². The molecule has 1 aromatic rings. The molecule has 8 heteroatoms. The molecule has 140 valence electrons. The van der Waals surface area contributed by atoms with E-state index in [1.165, 1.54) is 0 Å². The fraction of sp³-hybridized carbons (Fsp3) is 0.588. The molecule has 0 aliphatic carbocycles. The van der Waals surface area contributed by atoms with E-state index < -0.39 is 15.7 Å². The summed E-state index contributed by atoms with van der Waals surface area (Å²) >= 11 is 0. The first-order valence-electron chi connectivity index (χ1n) is 8.19. The summed E-state index contributed by atoms with van der Waals surface area (Å²) in [7, 11) is -3.52. The van der Waals surface area contributed by atoms with Crippen LogP contribution in [0.1, 0.15) is 37.9 Å². The molecular formula is C17H26N2O5S. The van der Waals surface area contributed by atoms with Crippen LogP contribution < -0.4 is 5.32 Å². The van der Waals surface area contributed by atoms with Crippen LogP contribution in [0.4, 0.5) is 4.79 Å². The maximum Gasteiger partial charge on any atom is 0.410 e. The summed E-state index contributed by atoms with van der Waals surface area (Å²) < 4.78 is 32.9. The van der Waals surface area contributed by atoms with Crippen molar-refractivity contribution in [1.29, 1.82) is 0 Å². The zero-order valence-corrected chi connectivity index (χ0v) is 15.9. The Hall–Kier alpha value is -1.64. The Labute approximate surface area is 149 Å². The lowest BCUT2D eigenvalue weighted by Gasteiger charge is -2.35. The van der Waals surface area contributed by atoms with Crippen molar-refractivity contribution >= 4 is 16.2 Å². The zero-order valence-electron chi connectivity index (χ0n) is 15.1. The molecule has 1 unspecified atom stereocenters. The average Bonchev–Trinajstić information content (AvgIpc) is 2.51. The van der Waals surface area contributed by atoms with Crippen LogP contribution in [0.15, 0.2) is 24.3 Å². The maximum absolute atomic E-state index is 12.3. The third-order valence-electron chi connectivity index (χ3n) is 3.69. The van der Waals surface area contributed by atoms with Crippen molar-refractivity contribution in [1.82, 2.24) is 10.2 Å². The zero-order chi connectivity index (χ0) is 18.7. The number of nitrogens with one attached hydrogen (secondary N) is 1. The Morgan fingerprint density at radius 3 is 2.64 bits per heavy atom. The summed E-state index contributed by atoms with van der Waals surface area (Å²) in [4.78, 5) is 14.0. The normalized spacial score (nSPS) is 18.9. The molecule has 1 aromatic carbocycles. The summed E-state index contributed by atoms with van der Waals surface area (Å²) in [6, 6.07) is 7.35. The Bertz CT molecular complexity index is 712. The highest BCUT2D eigenvalue weighted by Gasteiger charge is 2.29. The second-order valence-corrected chi connectivity index (χ2v) is 8.74. The maximum atomic E-state index is 12.3. The molecule has 1 amide bonds. The number of carbonyl (C=O) groups excluding carboxylic acids is 1. The first kappa shape index (κ1) is 19.7. The highest BCUT2D eigenvalue weighted by Crippen LogP contribution is 2.23. The highest BCUT2D eigenvalue weighted by atomic mass is 32.2. The Morgan fingerprint density at radius 1 is 1.32 bits per heavy atom. The van der Waals surface area contributed by atoms with Gasteiger partial charge >= 0.3 is 6.09 Å². The molecule has 7 nitrogen and oxygen atoms in total. The summed E-state index contributed by atoms with van der Waals surface area (Å²) in [5, 5.41) is 3.37. The van der Waals surface area contributed by atoms with Gasteiger partial charge in [0.15, 0.2) is 0 Å². The van der Waals surface area contributed by atoms with E-state index in [4.69, 9.17) is 8.92 Å². The van der Waals surface area contributed by atoms with Crippen LogP contribution in [0.5, 0.6) is 0 Å². The van der Waals surface area contributed by atoms with Crippen LogP contribution in [0.25, 0.3) is 0 Å². The number of ether oxygens (including phenoxy) is 1. The first-order valence-corrected chi connectivity index (χ1v) is 10.0. The minimum atomic E-state index is -3.52. The molecule has 2 rings (SSSR count). The van der Waals surface area contributed by atoms with Gasteiger partial charge in [-0.1, -0.05) is 24.3 Å². The Balaban J connectivity index is 2.12. The standard InChI is InChI=1S/C17H26N2O5S/c1-17(2,3)24-16(20)19-10-9-18-15(11-19)14-8-6-5-7-13(14)12-23-25(4,21)22/h5-8,15,18H,9-12H2,1-4H3. The minimum Gasteiger partial charge on any atom is -0.444 e. The third-order valence-corrected chi connectivity index (χ3v) is 4.23. The summed E-state index contributed by atoms with van der Waals surface area (Å²) in [6.45, 7) is 7.12. The number of rotatable bonds is 4. The number of nitrogens with zero attached hydrogens (tertiary/aromatic N) is 1. The topological polar surface area (TPSA) is 84.9 Å². The monoisotopic (exact) mass is 370 g/mol. The number of benzene rings is 1. The van der Waals surface area contributed by atoms with Crippen LogP contribution in [-0.4, -0.2) is 50.9 Å². The molecule has 0 spiro atoms. The van der Waals surface area contributed by atoms with Crippen LogP contribution >= 0.6 is 0 Å². The van der Waals surface area contributed by atoms with Gasteiger partial charge in [-0.2, -0.15) is 8.42 Å². The molecule has 25 heavy (non-hydrogen) atoms. The van der Waals surface area contributed by atoms with Gasteiger partial charge in [0.2, 0.25) is 0 Å². The van der Waals surface area contributed by atoms with Crippen molar-refractivity contribution in [2.24, 2.45) is 0 Å². The Morgan fingerprint density at radius 2 is 2.00 bits per heavy atom. The molecule has 0 saturated carbocycles. The first-order chi connectivity index (χ1) is 11.6. The molecule has 1 aliphatic heterocycles. The fourth-order valence-corrected chi connectivity index (χ4v) is 2.97. The number of amides is 1. The van der Waals surface area contributed by atoms with E-state index in [1.54, 1.807) is 4.90 Å². The number of piperazine rings is 1. The van der Waals surface area contributed by atoms with Crippen LogP contribution in [0.2, 0.25) is 0 Å². The molecule has 1 fully saturated rings. The second-order valence-electron chi connectivity index (χ2n) is 7.10. The number of hydrogen-bond donors (Lipinski definition) is 1. The predicted octanol–water partition coefficient (Wildman–Crippen LogP) is 2.04. The van der Waals surface area contributed by atoms with Crippen molar-refractivity contribution < 1.29 is 22.1 Å². The van der Waals surface area contributed by atoms with E-state index in [0.717, 1.165) is 17.4 Å². The van der Waals surface area contributed by atoms with Crippen LogP contribution in [-0.2, 0) is 25.6 Å². The quantitative estimate of drug-likeness (QED) is 0.817. The van der Waals surface area contributed by atoms with Crippen LogP contribution in [0.3, 0.4) is 0 Å². The molecular weight excluding hydrogens is 344 g/mol. The van der Waals surface area contributed by atoms with Gasteiger partial charge in [-0.15, -0.1) is 0 Å². The van der Waals surface area contributed by atoms with Crippen LogP contribution in [0, 0.1) is 0 Å². The smallest absolute Gasteiger partial charge is 0.410 e. The van der Waals surface area contributed by atoms with Crippen molar-refractivity contribution in [2.45, 2.75) is 39.0 Å². The van der Waals surface area contributed by atoms with E-state index in [1.807, 2.05) is 45.0 Å². The van der Waals surface area contributed by atoms with Gasteiger partial charge in [-0.05, 0) is 31.9 Å². The van der Waals surface area contributed by atoms with Crippen molar-refractivity contribution in [2.75, 3.05) is 25.9 Å². The average molecular weight is 370 g/mol. The lowest BCUT2D eigenvalue weighted by Crippen LogP contribution is -2.49. The molecule has 1 saturated heterocycles. The SMILES string of the molecule is CC(C)(C)OC(=O)N1CCNC(c2ccccc2COS(C)(=O)=O)C1. The molecule has 1 heterocycles. The summed E-state index contributed by atoms with van der Waals surface area (Å²) in [5.74, 6) is 0. The third kappa shape index (κ3) is 6.30. The lowest BCUT2D eigenvalue weighted by atomic mass is 9.99. The molecule has 1 atom stereocenters. The van der Waals surface area contributed by atoms with Crippen molar-refractivity contribution in [3.63, 3.8) is 0 Å². The van der Waals surface area contributed by atoms with Crippen molar-refractivity contribution in [3.8, 4) is 0 Å². The molecule has 1 aliphatic rings. The van der Waals surface area contributed by atoms with E-state index in [0.29, 0.717) is 19.6 Å². The molecule has 1 N–H and O–H groups in total. The van der Waals surface area contributed by atoms with Gasteiger partial charge < -0.3 is 15.0 Å². The summed E-state index contributed by atoms with van der Waals surface area (Å²) in [5.41, 5.74) is 1.15. The largest absolute Gasteiger partial charge is 0.444 e. The van der Waals surface area contributed by atoms with Gasteiger partial charge in [-0.25, -0.2) is 4.79 Å². The minimum absolute atomic E-state index is 0.0282. The highest BCUT2D eigenvalue weighted by molar-refractivity contribution is 7.85. The van der Waals surface area contributed by atoms with Gasteiger partial charge in [-0.3, -0.25) is 4.18 Å².